The van der Waals surface area contributed by atoms with Crippen LogP contribution < -0.4 is 5.32 Å². The molecule has 0 amide bonds. The third kappa shape index (κ3) is 3.04. The number of anilines is 2. The van der Waals surface area contributed by atoms with Crippen LogP contribution >= 0.6 is 0 Å². The number of methoxy groups -OCH3 is 1. The Hall–Kier alpha value is -2.50. The topological polar surface area (TPSA) is 64.1 Å². The molecule has 0 saturated carbocycles. The van der Waals surface area contributed by atoms with Gasteiger partial charge in [0.15, 0.2) is 0 Å². The van der Waals surface area contributed by atoms with Crippen LogP contribution in [-0.4, -0.2) is 23.0 Å². The molecule has 0 aliphatic heterocycles. The number of aryl methyl sites for hydroxylation is 1. The summed E-state index contributed by atoms with van der Waals surface area (Å²) in [5, 5.41) is 2.89. The van der Waals surface area contributed by atoms with Gasteiger partial charge in [0.25, 0.3) is 0 Å². The van der Waals surface area contributed by atoms with Crippen molar-refractivity contribution < 1.29 is 13.9 Å². The van der Waals surface area contributed by atoms with Crippen molar-refractivity contribution in [2.45, 2.75) is 6.92 Å². The van der Waals surface area contributed by atoms with Gasteiger partial charge in [0, 0.05) is 11.9 Å². The maximum absolute atomic E-state index is 13.4. The van der Waals surface area contributed by atoms with Gasteiger partial charge in [0.05, 0.1) is 7.11 Å². The number of hydrogen-bond donors (Lipinski definition) is 1. The number of esters is 1. The molecule has 6 heteroatoms. The van der Waals surface area contributed by atoms with Gasteiger partial charge in [-0.1, -0.05) is 6.07 Å². The number of aromatic nitrogens is 2. The van der Waals surface area contributed by atoms with Gasteiger partial charge in [-0.3, -0.25) is 0 Å². The Labute approximate surface area is 109 Å². The molecule has 0 atom stereocenters. The summed E-state index contributed by atoms with van der Waals surface area (Å²) in [6.45, 7) is 1.68. The normalized spacial score (nSPS) is 10.1. The van der Waals surface area contributed by atoms with Crippen molar-refractivity contribution in [3.05, 3.63) is 47.7 Å². The fourth-order valence-corrected chi connectivity index (χ4v) is 1.44. The zero-order valence-electron chi connectivity index (χ0n) is 10.5. The summed E-state index contributed by atoms with van der Waals surface area (Å²) in [6.07, 6.45) is 1.42. The lowest BCUT2D eigenvalue weighted by molar-refractivity contribution is 0.0587. The maximum atomic E-state index is 13.4. The van der Waals surface area contributed by atoms with Gasteiger partial charge in [0.1, 0.15) is 11.6 Å². The van der Waals surface area contributed by atoms with E-state index in [9.17, 15) is 9.18 Å². The SMILES string of the molecule is COC(=O)c1nccc(Nc2ccc(C)c(F)c2)n1. The molecule has 5 nitrogen and oxygen atoms in total. The monoisotopic (exact) mass is 261 g/mol. The van der Waals surface area contributed by atoms with E-state index in [1.54, 1.807) is 25.1 Å². The molecule has 0 aliphatic rings. The minimum absolute atomic E-state index is 0.0555. The molecule has 1 N–H and O–H groups in total. The van der Waals surface area contributed by atoms with Crippen molar-refractivity contribution in [3.8, 4) is 0 Å². The Morgan fingerprint density at radius 1 is 1.37 bits per heavy atom. The standard InChI is InChI=1S/C13H12FN3O2/c1-8-3-4-9(7-10(8)14)16-11-5-6-15-12(17-11)13(18)19-2/h3-7H,1-2H3,(H,15,16,17). The van der Waals surface area contributed by atoms with Crippen molar-refractivity contribution in [1.82, 2.24) is 9.97 Å². The number of carbonyl (C=O) groups is 1. The van der Waals surface area contributed by atoms with E-state index in [2.05, 4.69) is 20.0 Å². The second-order valence-electron chi connectivity index (χ2n) is 3.85. The van der Waals surface area contributed by atoms with Gasteiger partial charge in [-0.25, -0.2) is 19.2 Å². The first-order chi connectivity index (χ1) is 9.10. The largest absolute Gasteiger partial charge is 0.463 e. The van der Waals surface area contributed by atoms with E-state index < -0.39 is 5.97 Å². The molecule has 0 saturated heterocycles. The van der Waals surface area contributed by atoms with E-state index in [0.717, 1.165) is 0 Å². The van der Waals surface area contributed by atoms with Gasteiger partial charge in [-0.15, -0.1) is 0 Å². The summed E-state index contributed by atoms with van der Waals surface area (Å²) in [5.74, 6) is -0.607. The molecule has 1 heterocycles. The maximum Gasteiger partial charge on any atom is 0.376 e. The zero-order valence-corrected chi connectivity index (χ0v) is 10.5. The van der Waals surface area contributed by atoms with Gasteiger partial charge >= 0.3 is 5.97 Å². The summed E-state index contributed by atoms with van der Waals surface area (Å²) in [5.41, 5.74) is 1.10. The molecule has 1 aromatic heterocycles. The van der Waals surface area contributed by atoms with Crippen molar-refractivity contribution in [2.24, 2.45) is 0 Å². The molecule has 1 aromatic carbocycles. The average molecular weight is 261 g/mol. The van der Waals surface area contributed by atoms with E-state index in [1.165, 1.54) is 19.4 Å². The Bertz CT molecular complexity index is 617. The second-order valence-corrected chi connectivity index (χ2v) is 3.85. The summed E-state index contributed by atoms with van der Waals surface area (Å²) in [4.78, 5) is 19.0. The second kappa shape index (κ2) is 5.43. The molecule has 0 fully saturated rings. The van der Waals surface area contributed by atoms with E-state index in [0.29, 0.717) is 17.1 Å². The summed E-state index contributed by atoms with van der Waals surface area (Å²) >= 11 is 0. The van der Waals surface area contributed by atoms with Gasteiger partial charge in [0.2, 0.25) is 5.82 Å². The van der Waals surface area contributed by atoms with Crippen LogP contribution in [0.5, 0.6) is 0 Å². The van der Waals surface area contributed by atoms with Crippen LogP contribution in [0, 0.1) is 12.7 Å². The molecule has 0 unspecified atom stereocenters. The fourth-order valence-electron chi connectivity index (χ4n) is 1.44. The third-order valence-electron chi connectivity index (χ3n) is 2.47. The smallest absolute Gasteiger partial charge is 0.376 e. The van der Waals surface area contributed by atoms with E-state index in [-0.39, 0.29) is 11.6 Å². The highest BCUT2D eigenvalue weighted by molar-refractivity contribution is 5.85. The number of halogens is 1. The summed E-state index contributed by atoms with van der Waals surface area (Å²) in [7, 11) is 1.25. The lowest BCUT2D eigenvalue weighted by atomic mass is 10.2. The zero-order chi connectivity index (χ0) is 13.8. The fraction of sp³-hybridized carbons (Fsp3) is 0.154. The van der Waals surface area contributed by atoms with Gasteiger partial charge < -0.3 is 10.1 Å². The first-order valence-electron chi connectivity index (χ1n) is 5.54. The summed E-state index contributed by atoms with van der Waals surface area (Å²) < 4.78 is 17.9. The van der Waals surface area contributed by atoms with E-state index in [4.69, 9.17) is 0 Å². The predicted molar refractivity (Wildman–Crippen MR) is 67.8 cm³/mol. The predicted octanol–water partition coefficient (Wildman–Crippen LogP) is 2.45. The minimum Gasteiger partial charge on any atom is -0.463 e. The van der Waals surface area contributed by atoms with Crippen molar-refractivity contribution in [2.75, 3.05) is 12.4 Å². The Morgan fingerprint density at radius 2 is 2.16 bits per heavy atom. The summed E-state index contributed by atoms with van der Waals surface area (Å²) in [6, 6.07) is 6.30. The Kier molecular flexibility index (Phi) is 3.70. The van der Waals surface area contributed by atoms with Crippen LogP contribution in [0.3, 0.4) is 0 Å². The number of ether oxygens (including phenoxy) is 1. The van der Waals surface area contributed by atoms with Crippen molar-refractivity contribution >= 4 is 17.5 Å². The van der Waals surface area contributed by atoms with E-state index in [1.807, 2.05) is 0 Å². The molecule has 0 radical (unpaired) electrons. The number of hydrogen-bond acceptors (Lipinski definition) is 5. The lowest BCUT2D eigenvalue weighted by Crippen LogP contribution is -2.08. The van der Waals surface area contributed by atoms with Crippen LogP contribution in [0.15, 0.2) is 30.5 Å². The highest BCUT2D eigenvalue weighted by atomic mass is 19.1. The van der Waals surface area contributed by atoms with Crippen LogP contribution in [0.2, 0.25) is 0 Å². The van der Waals surface area contributed by atoms with Crippen molar-refractivity contribution in [3.63, 3.8) is 0 Å². The molecule has 0 aliphatic carbocycles. The molecular formula is C13H12FN3O2. The van der Waals surface area contributed by atoms with Crippen LogP contribution in [0.1, 0.15) is 16.2 Å². The number of nitrogens with one attached hydrogen (secondary N) is 1. The number of carbonyl (C=O) groups excluding carboxylic acids is 1. The first-order valence-corrected chi connectivity index (χ1v) is 5.54. The van der Waals surface area contributed by atoms with Crippen LogP contribution in [-0.2, 0) is 4.74 Å². The van der Waals surface area contributed by atoms with E-state index >= 15 is 0 Å². The van der Waals surface area contributed by atoms with Crippen molar-refractivity contribution in [1.29, 1.82) is 0 Å². The first kappa shape index (κ1) is 12.9. The quantitative estimate of drug-likeness (QED) is 0.860. The molecule has 2 rings (SSSR count). The Morgan fingerprint density at radius 3 is 2.84 bits per heavy atom. The minimum atomic E-state index is -0.626. The van der Waals surface area contributed by atoms with Crippen LogP contribution in [0.25, 0.3) is 0 Å². The average Bonchev–Trinajstić information content (AvgIpc) is 2.42. The lowest BCUT2D eigenvalue weighted by Gasteiger charge is -2.07. The number of nitrogens with zero attached hydrogens (tertiary/aromatic N) is 2. The molecular weight excluding hydrogens is 249 g/mol. The highest BCUT2D eigenvalue weighted by Crippen LogP contribution is 2.17. The molecule has 0 bridgehead atoms. The van der Waals surface area contributed by atoms with Gasteiger partial charge in [-0.2, -0.15) is 0 Å². The van der Waals surface area contributed by atoms with Crippen LogP contribution in [0.4, 0.5) is 15.9 Å². The third-order valence-corrected chi connectivity index (χ3v) is 2.47. The molecule has 2 aromatic rings. The molecule has 0 spiro atoms. The molecule has 98 valence electrons. The highest BCUT2D eigenvalue weighted by Gasteiger charge is 2.09. The number of rotatable bonds is 3. The Balaban J connectivity index is 2.23. The molecule has 19 heavy (non-hydrogen) atoms. The number of benzene rings is 1. The van der Waals surface area contributed by atoms with Gasteiger partial charge in [-0.05, 0) is 30.7 Å².